The molecule has 10 heteroatoms. The number of carbonyl (C=O) groups is 1. The summed E-state index contributed by atoms with van der Waals surface area (Å²) in [6.45, 7) is 0.892. The van der Waals surface area contributed by atoms with Gasteiger partial charge in [-0.2, -0.15) is 0 Å². The quantitative estimate of drug-likeness (QED) is 0.383. The largest absolute Gasteiger partial charge is 0.440 e. The maximum atomic E-state index is 14.6. The lowest BCUT2D eigenvalue weighted by atomic mass is 9.90. The number of imidazole rings is 1. The molecule has 1 aromatic carbocycles. The number of aromatic nitrogens is 4. The minimum absolute atomic E-state index is 0.0494. The van der Waals surface area contributed by atoms with Crippen molar-refractivity contribution in [3.63, 3.8) is 0 Å². The predicted molar refractivity (Wildman–Crippen MR) is 136 cm³/mol. The van der Waals surface area contributed by atoms with Crippen LogP contribution in [0.15, 0.2) is 59.7 Å². The van der Waals surface area contributed by atoms with Gasteiger partial charge in [0.1, 0.15) is 17.7 Å². The van der Waals surface area contributed by atoms with Crippen molar-refractivity contribution < 1.29 is 18.3 Å². The van der Waals surface area contributed by atoms with E-state index in [1.165, 1.54) is 6.07 Å². The van der Waals surface area contributed by atoms with Crippen molar-refractivity contribution in [1.29, 1.82) is 0 Å². The molecule has 0 saturated carbocycles. The molecule has 38 heavy (non-hydrogen) atoms. The third kappa shape index (κ3) is 4.55. The van der Waals surface area contributed by atoms with Crippen molar-refractivity contribution >= 4 is 17.3 Å². The summed E-state index contributed by atoms with van der Waals surface area (Å²) in [7, 11) is 0. The summed E-state index contributed by atoms with van der Waals surface area (Å²) in [6.07, 6.45) is 4.94. The second-order valence-corrected chi connectivity index (χ2v) is 9.95. The standard InChI is InChI=1S/C28H27F2N5O3/c29-19-6-7-22(30)21(16-19)17-5-8-24(25-18(15-17)3-1-11-31-25)38-28(37)34-13-9-20(10-14-34)35-23-4-2-12-32-26(23)33-27(35)36/h1-4,6-7,11-12,16-17,20,24H,5,8-10,13-15H2,(H,32,33,36)/t17-,24-/m1/s1. The van der Waals surface area contributed by atoms with Crippen molar-refractivity contribution in [2.45, 2.75) is 50.2 Å². The molecule has 1 saturated heterocycles. The van der Waals surface area contributed by atoms with E-state index >= 15 is 0 Å². The maximum absolute atomic E-state index is 14.6. The summed E-state index contributed by atoms with van der Waals surface area (Å²) in [6, 6.07) is 10.8. The van der Waals surface area contributed by atoms with Crippen LogP contribution in [0.5, 0.6) is 0 Å². The Morgan fingerprint density at radius 2 is 1.79 bits per heavy atom. The second-order valence-electron chi connectivity index (χ2n) is 9.95. The minimum atomic E-state index is -0.583. The van der Waals surface area contributed by atoms with Crippen LogP contribution in [-0.4, -0.2) is 43.6 Å². The number of aromatic amines is 1. The molecular formula is C28H27F2N5O3. The van der Waals surface area contributed by atoms with Gasteiger partial charge in [-0.3, -0.25) is 14.5 Å². The highest BCUT2D eigenvalue weighted by Gasteiger charge is 2.32. The Balaban J connectivity index is 1.15. The van der Waals surface area contributed by atoms with Gasteiger partial charge in [0.2, 0.25) is 0 Å². The van der Waals surface area contributed by atoms with Gasteiger partial charge in [-0.05, 0) is 85.5 Å². The molecule has 0 bridgehead atoms. The average molecular weight is 520 g/mol. The molecular weight excluding hydrogens is 492 g/mol. The van der Waals surface area contributed by atoms with Crippen LogP contribution in [0.3, 0.4) is 0 Å². The van der Waals surface area contributed by atoms with Gasteiger partial charge >= 0.3 is 11.8 Å². The normalized spacial score (nSPS) is 20.2. The third-order valence-electron chi connectivity index (χ3n) is 7.69. The summed E-state index contributed by atoms with van der Waals surface area (Å²) >= 11 is 0. The fraction of sp³-hybridized carbons (Fsp3) is 0.357. The second kappa shape index (κ2) is 10.00. The number of fused-ring (bicyclic) bond motifs is 2. The highest BCUT2D eigenvalue weighted by atomic mass is 19.1. The number of nitrogens with zero attached hydrogens (tertiary/aromatic N) is 4. The Bertz CT molecular complexity index is 1540. The highest BCUT2D eigenvalue weighted by Crippen LogP contribution is 2.38. The zero-order valence-corrected chi connectivity index (χ0v) is 20.6. The zero-order valence-electron chi connectivity index (χ0n) is 20.6. The van der Waals surface area contributed by atoms with Gasteiger partial charge in [0.15, 0.2) is 5.65 Å². The fourth-order valence-electron chi connectivity index (χ4n) is 5.80. The number of H-pyrrole nitrogens is 1. The van der Waals surface area contributed by atoms with Crippen LogP contribution in [0.2, 0.25) is 0 Å². The number of likely N-dealkylation sites (tertiary alicyclic amines) is 1. The van der Waals surface area contributed by atoms with Crippen LogP contribution in [-0.2, 0) is 11.2 Å². The number of hydrogen-bond acceptors (Lipinski definition) is 5. The van der Waals surface area contributed by atoms with Crippen molar-refractivity contribution in [2.24, 2.45) is 0 Å². The van der Waals surface area contributed by atoms with Gasteiger partial charge in [-0.25, -0.2) is 23.4 Å². The molecule has 1 aliphatic carbocycles. The summed E-state index contributed by atoms with van der Waals surface area (Å²) in [5.41, 5.74) is 2.95. The molecule has 2 aliphatic rings. The van der Waals surface area contributed by atoms with Crippen LogP contribution in [0.25, 0.3) is 11.2 Å². The topological polar surface area (TPSA) is 93.1 Å². The lowest BCUT2D eigenvalue weighted by molar-refractivity contribution is 0.0473. The molecule has 196 valence electrons. The average Bonchev–Trinajstić information content (AvgIpc) is 3.16. The first-order valence-corrected chi connectivity index (χ1v) is 12.9. The maximum Gasteiger partial charge on any atom is 0.410 e. The Morgan fingerprint density at radius 3 is 2.63 bits per heavy atom. The minimum Gasteiger partial charge on any atom is -0.440 e. The number of amides is 1. The van der Waals surface area contributed by atoms with E-state index in [0.29, 0.717) is 62.1 Å². The summed E-state index contributed by atoms with van der Waals surface area (Å²) < 4.78 is 36.1. The van der Waals surface area contributed by atoms with Crippen LogP contribution in [0.4, 0.5) is 13.6 Å². The van der Waals surface area contributed by atoms with Crippen LogP contribution >= 0.6 is 0 Å². The lowest BCUT2D eigenvalue weighted by Gasteiger charge is -2.33. The predicted octanol–water partition coefficient (Wildman–Crippen LogP) is 5.03. The Hall–Kier alpha value is -4.08. The Labute approximate surface area is 217 Å². The Morgan fingerprint density at radius 1 is 1.00 bits per heavy atom. The van der Waals surface area contributed by atoms with E-state index in [-0.39, 0.29) is 17.6 Å². The van der Waals surface area contributed by atoms with E-state index in [0.717, 1.165) is 23.2 Å². The van der Waals surface area contributed by atoms with E-state index in [4.69, 9.17) is 4.74 Å². The molecule has 1 amide bonds. The van der Waals surface area contributed by atoms with E-state index in [2.05, 4.69) is 15.0 Å². The lowest BCUT2D eigenvalue weighted by Crippen LogP contribution is -2.41. The van der Waals surface area contributed by atoms with E-state index in [9.17, 15) is 18.4 Å². The van der Waals surface area contributed by atoms with Gasteiger partial charge in [0, 0.05) is 31.5 Å². The molecule has 8 nitrogen and oxygen atoms in total. The summed E-state index contributed by atoms with van der Waals surface area (Å²) in [5, 5.41) is 0. The molecule has 0 radical (unpaired) electrons. The number of piperidine rings is 1. The molecule has 6 rings (SSSR count). The summed E-state index contributed by atoms with van der Waals surface area (Å²) in [5.74, 6) is -1.17. The Kier molecular flexibility index (Phi) is 6.39. The molecule has 2 atom stereocenters. The van der Waals surface area contributed by atoms with Gasteiger partial charge in [0.25, 0.3) is 0 Å². The van der Waals surface area contributed by atoms with Gasteiger partial charge < -0.3 is 9.64 Å². The first kappa shape index (κ1) is 24.3. The zero-order chi connectivity index (χ0) is 26.2. The van der Waals surface area contributed by atoms with Crippen LogP contribution in [0.1, 0.15) is 60.6 Å². The van der Waals surface area contributed by atoms with Crippen molar-refractivity contribution in [3.05, 3.63) is 93.8 Å². The number of carbonyl (C=O) groups excluding carboxylic acids is 1. The van der Waals surface area contributed by atoms with E-state index in [1.54, 1.807) is 34.0 Å². The molecule has 3 aromatic heterocycles. The molecule has 1 N–H and O–H groups in total. The number of halogens is 2. The van der Waals surface area contributed by atoms with E-state index in [1.807, 2.05) is 12.1 Å². The first-order valence-electron chi connectivity index (χ1n) is 12.9. The number of pyridine rings is 2. The van der Waals surface area contributed by atoms with E-state index < -0.39 is 23.8 Å². The van der Waals surface area contributed by atoms with Gasteiger partial charge in [-0.1, -0.05) is 6.07 Å². The molecule has 4 heterocycles. The molecule has 0 spiro atoms. The SMILES string of the molecule is O=C(O[C@@H]1CC[C@@H](c2cc(F)ccc2F)Cc2cccnc21)N1CCC(n2c(=O)[nH]c3ncccc32)CC1. The number of ether oxygens (including phenoxy) is 1. The first-order chi connectivity index (χ1) is 18.5. The number of nitrogens with one attached hydrogen (secondary N) is 1. The monoisotopic (exact) mass is 519 g/mol. The van der Waals surface area contributed by atoms with Crippen molar-refractivity contribution in [2.75, 3.05) is 13.1 Å². The van der Waals surface area contributed by atoms with Crippen LogP contribution < -0.4 is 5.69 Å². The van der Waals surface area contributed by atoms with Crippen molar-refractivity contribution in [3.8, 4) is 0 Å². The molecule has 1 fully saturated rings. The van der Waals surface area contributed by atoms with Gasteiger partial charge in [-0.15, -0.1) is 0 Å². The highest BCUT2D eigenvalue weighted by molar-refractivity contribution is 5.70. The molecule has 0 unspecified atom stereocenters. The number of benzene rings is 1. The smallest absolute Gasteiger partial charge is 0.410 e. The van der Waals surface area contributed by atoms with Gasteiger partial charge in [0.05, 0.1) is 11.2 Å². The fourth-order valence-corrected chi connectivity index (χ4v) is 5.80. The number of hydrogen-bond donors (Lipinski definition) is 1. The number of rotatable bonds is 3. The van der Waals surface area contributed by atoms with Crippen LogP contribution in [0, 0.1) is 11.6 Å². The third-order valence-corrected chi connectivity index (χ3v) is 7.69. The molecule has 1 aliphatic heterocycles. The molecule has 4 aromatic rings. The summed E-state index contributed by atoms with van der Waals surface area (Å²) in [4.78, 5) is 38.9. The van der Waals surface area contributed by atoms with Crippen molar-refractivity contribution in [1.82, 2.24) is 24.4 Å².